The minimum absolute atomic E-state index is 0. The van der Waals surface area contributed by atoms with Crippen molar-refractivity contribution in [2.75, 3.05) is 20.2 Å². The third-order valence-electron chi connectivity index (χ3n) is 4.80. The molecule has 0 fully saturated rings. The van der Waals surface area contributed by atoms with Crippen LogP contribution in [0.15, 0.2) is 4.99 Å². The molecule has 2 heterocycles. The van der Waals surface area contributed by atoms with Crippen LogP contribution in [0.4, 0.5) is 0 Å². The van der Waals surface area contributed by atoms with Crippen LogP contribution < -0.4 is 10.6 Å². The summed E-state index contributed by atoms with van der Waals surface area (Å²) in [7, 11) is 1.82. The summed E-state index contributed by atoms with van der Waals surface area (Å²) in [5, 5.41) is 11.6. The number of aromatic nitrogens is 3. The van der Waals surface area contributed by atoms with Crippen LogP contribution in [0.25, 0.3) is 0 Å². The molecule has 0 bridgehead atoms. The van der Waals surface area contributed by atoms with E-state index in [-0.39, 0.29) is 30.1 Å². The Balaban J connectivity index is 0.00000364. The number of nitrogens with zero attached hydrogens (tertiary/aromatic N) is 4. The van der Waals surface area contributed by atoms with Gasteiger partial charge >= 0.3 is 0 Å². The molecule has 0 saturated heterocycles. The molecule has 0 amide bonds. The van der Waals surface area contributed by atoms with Crippen LogP contribution in [-0.4, -0.2) is 53.1 Å². The van der Waals surface area contributed by atoms with Crippen molar-refractivity contribution in [2.24, 2.45) is 10.9 Å². The van der Waals surface area contributed by atoms with Crippen LogP contribution in [0.1, 0.15) is 65.0 Å². The second-order valence-electron chi connectivity index (χ2n) is 7.63. The highest BCUT2D eigenvalue weighted by Crippen LogP contribution is 2.17. The number of nitrogens with one attached hydrogen (secondary N) is 2. The summed E-state index contributed by atoms with van der Waals surface area (Å²) < 4.78 is 7.86. The van der Waals surface area contributed by atoms with Crippen LogP contribution in [0.5, 0.6) is 0 Å². The van der Waals surface area contributed by atoms with Crippen molar-refractivity contribution in [1.82, 2.24) is 25.4 Å². The largest absolute Gasteiger partial charge is 0.378 e. The molecule has 1 aromatic rings. The summed E-state index contributed by atoms with van der Waals surface area (Å²) in [6.45, 7) is 13.2. The first-order valence-corrected chi connectivity index (χ1v) is 9.96. The van der Waals surface area contributed by atoms with Gasteiger partial charge in [0.05, 0.1) is 12.6 Å². The molecule has 0 saturated carbocycles. The molecular weight excluding hydrogens is 455 g/mol. The lowest BCUT2D eigenvalue weighted by molar-refractivity contribution is 0.0258. The number of hydrogen-bond acceptors (Lipinski definition) is 4. The number of guanidine groups is 1. The van der Waals surface area contributed by atoms with E-state index in [1.165, 1.54) is 0 Å². The monoisotopic (exact) mass is 492 g/mol. The van der Waals surface area contributed by atoms with Crippen molar-refractivity contribution in [2.45, 2.75) is 78.5 Å². The predicted molar refractivity (Wildman–Crippen MR) is 121 cm³/mol. The first-order valence-electron chi connectivity index (χ1n) is 9.96. The van der Waals surface area contributed by atoms with Gasteiger partial charge in [-0.1, -0.05) is 27.7 Å². The Hall–Kier alpha value is -0.900. The van der Waals surface area contributed by atoms with E-state index in [0.29, 0.717) is 17.9 Å². The van der Waals surface area contributed by atoms with Gasteiger partial charge in [0, 0.05) is 38.6 Å². The third kappa shape index (κ3) is 7.21. The molecule has 0 aromatic carbocycles. The van der Waals surface area contributed by atoms with Gasteiger partial charge in [0.15, 0.2) is 11.8 Å². The van der Waals surface area contributed by atoms with Gasteiger partial charge < -0.3 is 15.4 Å². The summed E-state index contributed by atoms with van der Waals surface area (Å²) in [6.07, 6.45) is 3.26. The standard InChI is InChI=1S/C19H36N6O.HI/c1-7-26-16(13(2)3)10-11-21-19(20-6)22-15-8-9-17-23-18(14(4)5)24-25(17)12-15;/h13-16H,7-12H2,1-6H3,(H2,20,21,22);1H. The molecule has 2 N–H and O–H groups in total. The summed E-state index contributed by atoms with van der Waals surface area (Å²) in [5.74, 6) is 3.78. The number of ether oxygens (including phenoxy) is 1. The number of rotatable bonds is 8. The number of aryl methyl sites for hydroxylation is 1. The second-order valence-corrected chi connectivity index (χ2v) is 7.63. The molecule has 1 aliphatic heterocycles. The van der Waals surface area contributed by atoms with Crippen molar-refractivity contribution in [3.63, 3.8) is 0 Å². The molecule has 8 heteroatoms. The fraction of sp³-hybridized carbons (Fsp3) is 0.842. The van der Waals surface area contributed by atoms with Crippen LogP contribution in [0.3, 0.4) is 0 Å². The maximum Gasteiger partial charge on any atom is 0.191 e. The van der Waals surface area contributed by atoms with Crippen molar-refractivity contribution in [3.8, 4) is 0 Å². The lowest BCUT2D eigenvalue weighted by Crippen LogP contribution is -2.47. The Morgan fingerprint density at radius 2 is 2.07 bits per heavy atom. The van der Waals surface area contributed by atoms with Gasteiger partial charge in [-0.2, -0.15) is 5.10 Å². The molecule has 1 aromatic heterocycles. The number of aliphatic imine (C=N–C) groups is 1. The lowest BCUT2D eigenvalue weighted by Gasteiger charge is -2.26. The Morgan fingerprint density at radius 3 is 2.67 bits per heavy atom. The van der Waals surface area contributed by atoms with Crippen LogP contribution in [0, 0.1) is 5.92 Å². The fourth-order valence-corrected chi connectivity index (χ4v) is 3.23. The maximum absolute atomic E-state index is 5.81. The van der Waals surface area contributed by atoms with Crippen molar-refractivity contribution in [3.05, 3.63) is 11.6 Å². The number of halogens is 1. The molecule has 0 aliphatic carbocycles. The Kier molecular flexibility index (Phi) is 10.6. The average Bonchev–Trinajstić information content (AvgIpc) is 3.03. The molecule has 27 heavy (non-hydrogen) atoms. The van der Waals surface area contributed by atoms with E-state index in [1.54, 1.807) is 0 Å². The molecule has 156 valence electrons. The quantitative estimate of drug-likeness (QED) is 0.332. The average molecular weight is 492 g/mol. The van der Waals surface area contributed by atoms with Crippen LogP contribution in [-0.2, 0) is 17.7 Å². The number of fused-ring (bicyclic) bond motifs is 1. The van der Waals surface area contributed by atoms with Gasteiger partial charge in [-0.3, -0.25) is 4.99 Å². The normalized spacial score (nSPS) is 18.2. The third-order valence-corrected chi connectivity index (χ3v) is 4.80. The van der Waals surface area contributed by atoms with E-state index in [1.807, 2.05) is 11.7 Å². The van der Waals surface area contributed by atoms with Crippen molar-refractivity contribution >= 4 is 29.9 Å². The molecule has 1 aliphatic rings. The maximum atomic E-state index is 5.81. The summed E-state index contributed by atoms with van der Waals surface area (Å²) >= 11 is 0. The van der Waals surface area contributed by atoms with Crippen molar-refractivity contribution < 1.29 is 4.74 Å². The highest BCUT2D eigenvalue weighted by molar-refractivity contribution is 14.0. The van der Waals surface area contributed by atoms with Gasteiger partial charge in [-0.15, -0.1) is 24.0 Å². The van der Waals surface area contributed by atoms with Gasteiger partial charge in [0.1, 0.15) is 5.82 Å². The Morgan fingerprint density at radius 1 is 1.33 bits per heavy atom. The number of hydrogen-bond donors (Lipinski definition) is 2. The van der Waals surface area contributed by atoms with Gasteiger partial charge in [-0.05, 0) is 25.7 Å². The van der Waals surface area contributed by atoms with Crippen molar-refractivity contribution in [1.29, 1.82) is 0 Å². The summed E-state index contributed by atoms with van der Waals surface area (Å²) in [5.41, 5.74) is 0. The van der Waals surface area contributed by atoms with Gasteiger partial charge in [0.25, 0.3) is 0 Å². The van der Waals surface area contributed by atoms with Crippen LogP contribution in [0.2, 0.25) is 0 Å². The zero-order valence-corrected chi connectivity index (χ0v) is 20.0. The summed E-state index contributed by atoms with van der Waals surface area (Å²) in [4.78, 5) is 9.02. The molecule has 0 spiro atoms. The van der Waals surface area contributed by atoms with E-state index >= 15 is 0 Å². The first kappa shape index (κ1) is 24.1. The Bertz CT molecular complexity index is 587. The summed E-state index contributed by atoms with van der Waals surface area (Å²) in [6, 6.07) is 0.322. The van der Waals surface area contributed by atoms with E-state index in [0.717, 1.165) is 56.6 Å². The van der Waals surface area contributed by atoms with Gasteiger partial charge in [0.2, 0.25) is 0 Å². The second kappa shape index (κ2) is 11.8. The van der Waals surface area contributed by atoms with E-state index in [4.69, 9.17) is 4.74 Å². The van der Waals surface area contributed by atoms with E-state index < -0.39 is 0 Å². The Labute approximate surface area is 181 Å². The highest BCUT2D eigenvalue weighted by Gasteiger charge is 2.23. The van der Waals surface area contributed by atoms with Crippen LogP contribution >= 0.6 is 24.0 Å². The molecular formula is C19H37IN6O. The van der Waals surface area contributed by atoms with Gasteiger partial charge in [-0.25, -0.2) is 9.67 Å². The zero-order chi connectivity index (χ0) is 19.1. The molecule has 2 atom stereocenters. The lowest BCUT2D eigenvalue weighted by atomic mass is 10.0. The first-order chi connectivity index (χ1) is 12.4. The molecule has 7 nitrogen and oxygen atoms in total. The topological polar surface area (TPSA) is 76.4 Å². The molecule has 0 radical (unpaired) electrons. The smallest absolute Gasteiger partial charge is 0.191 e. The van der Waals surface area contributed by atoms with E-state index in [2.05, 4.69) is 60.3 Å². The van der Waals surface area contributed by atoms with E-state index in [9.17, 15) is 0 Å². The molecule has 2 rings (SSSR count). The SMILES string of the molecule is CCOC(CCNC(=NC)NC1CCc2nc(C(C)C)nn2C1)C(C)C.I. The fourth-order valence-electron chi connectivity index (χ4n) is 3.23. The predicted octanol–water partition coefficient (Wildman–Crippen LogP) is 2.95. The minimum Gasteiger partial charge on any atom is -0.378 e. The molecule has 2 unspecified atom stereocenters. The zero-order valence-electron chi connectivity index (χ0n) is 17.7. The highest BCUT2D eigenvalue weighted by atomic mass is 127. The minimum atomic E-state index is 0.